The lowest BCUT2D eigenvalue weighted by Gasteiger charge is -2.24. The van der Waals surface area contributed by atoms with Crippen LogP contribution in [-0.2, 0) is 0 Å². The van der Waals surface area contributed by atoms with Gasteiger partial charge in [0.2, 0.25) is 5.88 Å². The minimum Gasteiger partial charge on any atom is -0.469 e. The van der Waals surface area contributed by atoms with Gasteiger partial charge in [-0.3, -0.25) is 0 Å². The SMILES string of the molecule is Cc1ccc(OC(c2ccccc2)C2CCNC2)nc1. The fourth-order valence-corrected chi connectivity index (χ4v) is 2.67. The molecule has 2 heterocycles. The van der Waals surface area contributed by atoms with E-state index in [9.17, 15) is 0 Å². The average Bonchev–Trinajstić information content (AvgIpc) is 3.01. The van der Waals surface area contributed by atoms with Crippen molar-refractivity contribution in [1.29, 1.82) is 0 Å². The van der Waals surface area contributed by atoms with Crippen LogP contribution in [0.4, 0.5) is 0 Å². The predicted molar refractivity (Wildman–Crippen MR) is 79.8 cm³/mol. The zero-order chi connectivity index (χ0) is 13.8. The van der Waals surface area contributed by atoms with E-state index in [0.717, 1.165) is 25.1 Å². The first kappa shape index (κ1) is 13.1. The van der Waals surface area contributed by atoms with Gasteiger partial charge in [0.05, 0.1) is 0 Å². The number of ether oxygens (including phenoxy) is 1. The third-order valence-electron chi connectivity index (χ3n) is 3.79. The summed E-state index contributed by atoms with van der Waals surface area (Å²) in [5.41, 5.74) is 2.37. The van der Waals surface area contributed by atoms with Gasteiger partial charge < -0.3 is 10.1 Å². The first-order valence-electron chi connectivity index (χ1n) is 7.18. The fraction of sp³-hybridized carbons (Fsp3) is 0.353. The number of aryl methyl sites for hydroxylation is 1. The Morgan fingerprint density at radius 1 is 1.20 bits per heavy atom. The number of nitrogens with zero attached hydrogens (tertiary/aromatic N) is 1. The Morgan fingerprint density at radius 3 is 2.70 bits per heavy atom. The molecule has 0 aliphatic carbocycles. The molecule has 1 saturated heterocycles. The minimum absolute atomic E-state index is 0.0707. The van der Waals surface area contributed by atoms with Crippen molar-refractivity contribution in [3.63, 3.8) is 0 Å². The highest BCUT2D eigenvalue weighted by Gasteiger charge is 2.28. The van der Waals surface area contributed by atoms with E-state index in [4.69, 9.17) is 4.74 Å². The molecule has 104 valence electrons. The van der Waals surface area contributed by atoms with Gasteiger partial charge in [0.25, 0.3) is 0 Å². The lowest BCUT2D eigenvalue weighted by molar-refractivity contribution is 0.138. The van der Waals surface area contributed by atoms with Crippen LogP contribution < -0.4 is 10.1 Å². The smallest absolute Gasteiger partial charge is 0.213 e. The molecule has 2 atom stereocenters. The quantitative estimate of drug-likeness (QED) is 0.925. The third-order valence-corrected chi connectivity index (χ3v) is 3.79. The summed E-state index contributed by atoms with van der Waals surface area (Å²) in [5.74, 6) is 1.21. The van der Waals surface area contributed by atoms with Crippen LogP contribution in [0.1, 0.15) is 23.7 Å². The highest BCUT2D eigenvalue weighted by Crippen LogP contribution is 2.31. The van der Waals surface area contributed by atoms with Crippen molar-refractivity contribution in [2.45, 2.75) is 19.4 Å². The molecule has 1 N–H and O–H groups in total. The van der Waals surface area contributed by atoms with Gasteiger partial charge in [0.15, 0.2) is 0 Å². The second-order valence-electron chi connectivity index (χ2n) is 5.38. The van der Waals surface area contributed by atoms with Gasteiger partial charge in [-0.2, -0.15) is 0 Å². The van der Waals surface area contributed by atoms with Gasteiger partial charge >= 0.3 is 0 Å². The van der Waals surface area contributed by atoms with Gasteiger partial charge in [-0.15, -0.1) is 0 Å². The number of benzene rings is 1. The standard InChI is InChI=1S/C17H20N2O/c1-13-7-8-16(19-11-13)20-17(15-9-10-18-12-15)14-5-3-2-4-6-14/h2-8,11,15,17-18H,9-10,12H2,1H3. The molecule has 1 aliphatic heterocycles. The number of nitrogens with one attached hydrogen (secondary N) is 1. The van der Waals surface area contributed by atoms with Crippen LogP contribution in [0, 0.1) is 12.8 Å². The van der Waals surface area contributed by atoms with Crippen LogP contribution in [0.3, 0.4) is 0 Å². The third kappa shape index (κ3) is 2.99. The minimum atomic E-state index is 0.0707. The van der Waals surface area contributed by atoms with Crippen LogP contribution >= 0.6 is 0 Å². The summed E-state index contributed by atoms with van der Waals surface area (Å²) in [5, 5.41) is 3.42. The molecule has 0 radical (unpaired) electrons. The highest BCUT2D eigenvalue weighted by molar-refractivity contribution is 5.22. The molecule has 3 rings (SSSR count). The summed E-state index contributed by atoms with van der Waals surface area (Å²) in [6, 6.07) is 14.4. The summed E-state index contributed by atoms with van der Waals surface area (Å²) >= 11 is 0. The van der Waals surface area contributed by atoms with Crippen molar-refractivity contribution in [3.8, 4) is 5.88 Å². The second-order valence-corrected chi connectivity index (χ2v) is 5.38. The van der Waals surface area contributed by atoms with E-state index in [0.29, 0.717) is 11.8 Å². The van der Waals surface area contributed by atoms with Gasteiger partial charge in [-0.25, -0.2) is 4.98 Å². The zero-order valence-electron chi connectivity index (χ0n) is 11.8. The van der Waals surface area contributed by atoms with E-state index in [1.54, 1.807) is 0 Å². The van der Waals surface area contributed by atoms with E-state index < -0.39 is 0 Å². The van der Waals surface area contributed by atoms with Crippen molar-refractivity contribution in [2.75, 3.05) is 13.1 Å². The van der Waals surface area contributed by atoms with Crippen LogP contribution in [0.15, 0.2) is 48.7 Å². The molecule has 20 heavy (non-hydrogen) atoms. The molecule has 0 bridgehead atoms. The average molecular weight is 268 g/mol. The Kier molecular flexibility index (Phi) is 3.97. The monoisotopic (exact) mass is 268 g/mol. The fourth-order valence-electron chi connectivity index (χ4n) is 2.67. The lowest BCUT2D eigenvalue weighted by Crippen LogP contribution is -2.21. The molecular formula is C17H20N2O. The lowest BCUT2D eigenvalue weighted by atomic mass is 9.95. The van der Waals surface area contributed by atoms with E-state index >= 15 is 0 Å². The summed E-state index contributed by atoms with van der Waals surface area (Å²) in [4.78, 5) is 4.37. The first-order valence-corrected chi connectivity index (χ1v) is 7.18. The molecule has 0 spiro atoms. The molecule has 2 aromatic rings. The maximum Gasteiger partial charge on any atom is 0.213 e. The number of hydrogen-bond acceptors (Lipinski definition) is 3. The van der Waals surface area contributed by atoms with Crippen molar-refractivity contribution >= 4 is 0 Å². The summed E-state index contributed by atoms with van der Waals surface area (Å²) < 4.78 is 6.19. The zero-order valence-corrected chi connectivity index (χ0v) is 11.8. The van der Waals surface area contributed by atoms with Crippen molar-refractivity contribution in [2.24, 2.45) is 5.92 Å². The first-order chi connectivity index (χ1) is 9.83. The molecule has 1 fully saturated rings. The Bertz CT molecular complexity index is 533. The summed E-state index contributed by atoms with van der Waals surface area (Å²) in [7, 11) is 0. The van der Waals surface area contributed by atoms with Crippen LogP contribution in [0.2, 0.25) is 0 Å². The Labute approximate surface area is 120 Å². The Hall–Kier alpha value is -1.87. The topological polar surface area (TPSA) is 34.1 Å². The van der Waals surface area contributed by atoms with Gasteiger partial charge in [0.1, 0.15) is 6.10 Å². The molecule has 3 nitrogen and oxygen atoms in total. The Morgan fingerprint density at radius 2 is 2.05 bits per heavy atom. The number of rotatable bonds is 4. The summed E-state index contributed by atoms with van der Waals surface area (Å²) in [6.07, 6.45) is 3.07. The van der Waals surface area contributed by atoms with Gasteiger partial charge in [-0.05, 0) is 31.0 Å². The molecule has 1 aliphatic rings. The van der Waals surface area contributed by atoms with Crippen molar-refractivity contribution < 1.29 is 4.74 Å². The van der Waals surface area contributed by atoms with Crippen molar-refractivity contribution in [1.82, 2.24) is 10.3 Å². The van der Waals surface area contributed by atoms with E-state index in [2.05, 4.69) is 34.6 Å². The van der Waals surface area contributed by atoms with E-state index in [1.807, 2.05) is 31.3 Å². The number of pyridine rings is 1. The van der Waals surface area contributed by atoms with Crippen LogP contribution in [-0.4, -0.2) is 18.1 Å². The molecule has 1 aromatic carbocycles. The van der Waals surface area contributed by atoms with Crippen LogP contribution in [0.25, 0.3) is 0 Å². The van der Waals surface area contributed by atoms with Gasteiger partial charge in [0, 0.05) is 24.7 Å². The number of aromatic nitrogens is 1. The normalized spacial score (nSPS) is 19.8. The molecule has 3 heteroatoms. The van der Waals surface area contributed by atoms with E-state index in [-0.39, 0.29) is 6.10 Å². The second kappa shape index (κ2) is 6.06. The maximum atomic E-state index is 6.19. The molecule has 2 unspecified atom stereocenters. The molecule has 0 amide bonds. The highest BCUT2D eigenvalue weighted by atomic mass is 16.5. The largest absolute Gasteiger partial charge is 0.469 e. The number of hydrogen-bond donors (Lipinski definition) is 1. The van der Waals surface area contributed by atoms with Crippen LogP contribution in [0.5, 0.6) is 5.88 Å². The molecule has 0 saturated carbocycles. The Balaban J connectivity index is 1.83. The summed E-state index contributed by atoms with van der Waals surface area (Å²) in [6.45, 7) is 4.11. The molecular weight excluding hydrogens is 248 g/mol. The molecule has 1 aromatic heterocycles. The van der Waals surface area contributed by atoms with Gasteiger partial charge in [-0.1, -0.05) is 36.4 Å². The maximum absolute atomic E-state index is 6.19. The van der Waals surface area contributed by atoms with Crippen molar-refractivity contribution in [3.05, 3.63) is 59.8 Å². The predicted octanol–water partition coefficient (Wildman–Crippen LogP) is 3.12. The van der Waals surface area contributed by atoms with E-state index in [1.165, 1.54) is 5.56 Å².